The molecule has 2 N–H and O–H groups in total. The van der Waals surface area contributed by atoms with E-state index in [4.69, 9.17) is 4.74 Å². The fourth-order valence-electron chi connectivity index (χ4n) is 2.50. The summed E-state index contributed by atoms with van der Waals surface area (Å²) >= 11 is 0. The molecule has 1 aromatic rings. The van der Waals surface area contributed by atoms with Gasteiger partial charge in [-0.15, -0.1) is 0 Å². The van der Waals surface area contributed by atoms with Crippen LogP contribution in [-0.2, 0) is 0 Å². The molecule has 1 aromatic carbocycles. The number of hydrogen-bond acceptors (Lipinski definition) is 3. The van der Waals surface area contributed by atoms with Gasteiger partial charge in [-0.2, -0.15) is 0 Å². The Bertz CT molecular complexity index is 337. The van der Waals surface area contributed by atoms with Crippen LogP contribution in [0.5, 0.6) is 5.75 Å². The maximum Gasteiger partial charge on any atom is 0.119 e. The maximum atomic E-state index is 9.41. The van der Waals surface area contributed by atoms with Gasteiger partial charge < -0.3 is 15.2 Å². The molecule has 1 fully saturated rings. The third-order valence-electron chi connectivity index (χ3n) is 3.48. The van der Waals surface area contributed by atoms with Crippen molar-refractivity contribution in [1.82, 2.24) is 5.32 Å². The molecule has 0 saturated carbocycles. The minimum absolute atomic E-state index is 0.277. The Morgan fingerprint density at radius 3 is 2.76 bits per heavy atom. The summed E-state index contributed by atoms with van der Waals surface area (Å²) in [6.07, 6.45) is 1.05. The van der Waals surface area contributed by atoms with Crippen LogP contribution in [0.1, 0.15) is 24.8 Å². The molecule has 0 amide bonds. The molecule has 3 nitrogen and oxygen atoms in total. The lowest BCUT2D eigenvalue weighted by atomic mass is 9.82. The van der Waals surface area contributed by atoms with Crippen LogP contribution in [-0.4, -0.2) is 31.4 Å². The highest BCUT2D eigenvalue weighted by Gasteiger charge is 2.25. The van der Waals surface area contributed by atoms with Gasteiger partial charge in [0.15, 0.2) is 0 Å². The largest absolute Gasteiger partial charge is 0.494 e. The second-order valence-electron chi connectivity index (χ2n) is 4.54. The van der Waals surface area contributed by atoms with E-state index in [2.05, 4.69) is 17.4 Å². The first kappa shape index (κ1) is 12.4. The Kier molecular flexibility index (Phi) is 4.40. The molecule has 0 aliphatic carbocycles. The third-order valence-corrected chi connectivity index (χ3v) is 3.48. The van der Waals surface area contributed by atoms with Gasteiger partial charge in [0.1, 0.15) is 5.75 Å². The highest BCUT2D eigenvalue weighted by molar-refractivity contribution is 5.30. The Morgan fingerprint density at radius 1 is 1.35 bits per heavy atom. The Balaban J connectivity index is 2.09. The Hall–Kier alpha value is -1.06. The molecule has 0 bridgehead atoms. The smallest absolute Gasteiger partial charge is 0.119 e. The zero-order valence-electron chi connectivity index (χ0n) is 10.4. The molecule has 0 spiro atoms. The summed E-state index contributed by atoms with van der Waals surface area (Å²) in [7, 11) is 0. The van der Waals surface area contributed by atoms with E-state index < -0.39 is 0 Å². The fourth-order valence-corrected chi connectivity index (χ4v) is 2.50. The molecule has 1 aliphatic rings. The van der Waals surface area contributed by atoms with Gasteiger partial charge in [-0.05, 0) is 43.5 Å². The van der Waals surface area contributed by atoms with Crippen LogP contribution >= 0.6 is 0 Å². The van der Waals surface area contributed by atoms with E-state index >= 15 is 0 Å². The summed E-state index contributed by atoms with van der Waals surface area (Å²) in [5.74, 6) is 1.72. The molecule has 1 heterocycles. The zero-order chi connectivity index (χ0) is 12.1. The van der Waals surface area contributed by atoms with Gasteiger partial charge in [-0.25, -0.2) is 0 Å². The predicted molar refractivity (Wildman–Crippen MR) is 68.4 cm³/mol. The van der Waals surface area contributed by atoms with Crippen molar-refractivity contribution < 1.29 is 9.84 Å². The normalized spacial score (nSPS) is 24.6. The number of benzene rings is 1. The van der Waals surface area contributed by atoms with E-state index in [1.54, 1.807) is 0 Å². The summed E-state index contributed by atoms with van der Waals surface area (Å²) in [4.78, 5) is 0. The number of piperidine rings is 1. The van der Waals surface area contributed by atoms with E-state index in [1.165, 1.54) is 5.56 Å². The van der Waals surface area contributed by atoms with Gasteiger partial charge in [0.25, 0.3) is 0 Å². The SMILES string of the molecule is CCOc1ccc(C2CNCCC2CO)cc1. The molecular formula is C14H21NO2. The van der Waals surface area contributed by atoms with Gasteiger partial charge in [0, 0.05) is 19.1 Å². The third kappa shape index (κ3) is 2.99. The first-order chi connectivity index (χ1) is 8.35. The van der Waals surface area contributed by atoms with Crippen molar-refractivity contribution in [2.75, 3.05) is 26.3 Å². The summed E-state index contributed by atoms with van der Waals surface area (Å²) < 4.78 is 5.44. The number of aliphatic hydroxyl groups is 1. The van der Waals surface area contributed by atoms with Crippen LogP contribution in [0.3, 0.4) is 0 Å². The number of hydrogen-bond donors (Lipinski definition) is 2. The monoisotopic (exact) mass is 235 g/mol. The van der Waals surface area contributed by atoms with Crippen LogP contribution in [0.4, 0.5) is 0 Å². The van der Waals surface area contributed by atoms with Crippen molar-refractivity contribution in [3.63, 3.8) is 0 Å². The predicted octanol–water partition coefficient (Wildman–Crippen LogP) is 1.77. The number of rotatable bonds is 4. The molecule has 2 rings (SSSR count). The van der Waals surface area contributed by atoms with Crippen LogP contribution in [0, 0.1) is 5.92 Å². The van der Waals surface area contributed by atoms with Crippen molar-refractivity contribution >= 4 is 0 Å². The second-order valence-corrected chi connectivity index (χ2v) is 4.54. The van der Waals surface area contributed by atoms with Crippen molar-refractivity contribution in [3.05, 3.63) is 29.8 Å². The molecule has 2 atom stereocenters. The summed E-state index contributed by atoms with van der Waals surface area (Å²) in [5.41, 5.74) is 1.29. The lowest BCUT2D eigenvalue weighted by Gasteiger charge is -2.31. The molecule has 94 valence electrons. The topological polar surface area (TPSA) is 41.5 Å². The molecule has 2 unspecified atom stereocenters. The molecule has 0 aromatic heterocycles. The standard InChI is InChI=1S/C14H21NO2/c1-2-17-13-5-3-11(4-6-13)14-9-15-8-7-12(14)10-16/h3-6,12,14-16H,2,7-10H2,1H3. The van der Waals surface area contributed by atoms with E-state index in [9.17, 15) is 5.11 Å². The van der Waals surface area contributed by atoms with Gasteiger partial charge in [-0.3, -0.25) is 0 Å². The Labute approximate surface area is 103 Å². The first-order valence-corrected chi connectivity index (χ1v) is 6.39. The summed E-state index contributed by atoms with van der Waals surface area (Å²) in [6, 6.07) is 8.26. The van der Waals surface area contributed by atoms with E-state index in [0.717, 1.165) is 25.3 Å². The van der Waals surface area contributed by atoms with Gasteiger partial charge in [0.2, 0.25) is 0 Å². The lowest BCUT2D eigenvalue weighted by molar-refractivity contribution is 0.176. The van der Waals surface area contributed by atoms with E-state index in [0.29, 0.717) is 18.4 Å². The number of ether oxygens (including phenoxy) is 1. The van der Waals surface area contributed by atoms with Gasteiger partial charge >= 0.3 is 0 Å². The first-order valence-electron chi connectivity index (χ1n) is 6.39. The molecule has 1 aliphatic heterocycles. The highest BCUT2D eigenvalue weighted by atomic mass is 16.5. The quantitative estimate of drug-likeness (QED) is 0.835. The molecule has 17 heavy (non-hydrogen) atoms. The maximum absolute atomic E-state index is 9.41. The Morgan fingerprint density at radius 2 is 2.12 bits per heavy atom. The molecule has 0 radical (unpaired) electrons. The zero-order valence-corrected chi connectivity index (χ0v) is 10.4. The van der Waals surface area contributed by atoms with Crippen LogP contribution in [0.2, 0.25) is 0 Å². The summed E-state index contributed by atoms with van der Waals surface area (Å²) in [6.45, 7) is 4.93. The van der Waals surface area contributed by atoms with Crippen molar-refractivity contribution in [1.29, 1.82) is 0 Å². The second kappa shape index (κ2) is 6.03. The minimum Gasteiger partial charge on any atom is -0.494 e. The number of nitrogens with one attached hydrogen (secondary N) is 1. The average molecular weight is 235 g/mol. The van der Waals surface area contributed by atoms with Crippen LogP contribution < -0.4 is 10.1 Å². The molecular weight excluding hydrogens is 214 g/mol. The average Bonchev–Trinajstić information content (AvgIpc) is 2.40. The lowest BCUT2D eigenvalue weighted by Crippen LogP contribution is -2.36. The molecule has 1 saturated heterocycles. The van der Waals surface area contributed by atoms with Crippen LogP contribution in [0.15, 0.2) is 24.3 Å². The molecule has 3 heteroatoms. The highest BCUT2D eigenvalue weighted by Crippen LogP contribution is 2.29. The minimum atomic E-state index is 0.277. The van der Waals surface area contributed by atoms with Crippen LogP contribution in [0.25, 0.3) is 0 Å². The summed E-state index contributed by atoms with van der Waals surface area (Å²) in [5, 5.41) is 12.8. The number of aliphatic hydroxyl groups excluding tert-OH is 1. The van der Waals surface area contributed by atoms with E-state index in [1.807, 2.05) is 19.1 Å². The van der Waals surface area contributed by atoms with Crippen molar-refractivity contribution in [3.8, 4) is 5.75 Å². The van der Waals surface area contributed by atoms with Crippen molar-refractivity contribution in [2.24, 2.45) is 5.92 Å². The van der Waals surface area contributed by atoms with Crippen molar-refractivity contribution in [2.45, 2.75) is 19.3 Å². The van der Waals surface area contributed by atoms with Gasteiger partial charge in [0.05, 0.1) is 6.61 Å². The van der Waals surface area contributed by atoms with Gasteiger partial charge in [-0.1, -0.05) is 12.1 Å². The fraction of sp³-hybridized carbons (Fsp3) is 0.571. The van der Waals surface area contributed by atoms with E-state index in [-0.39, 0.29) is 6.61 Å².